The molecular formula is C12H16ClNO. The van der Waals surface area contributed by atoms with Crippen LogP contribution in [0.5, 0.6) is 0 Å². The van der Waals surface area contributed by atoms with Crippen molar-refractivity contribution in [2.75, 3.05) is 0 Å². The number of hydrogen-bond acceptors (Lipinski definition) is 2. The number of ketones is 1. The van der Waals surface area contributed by atoms with Crippen molar-refractivity contribution in [2.45, 2.75) is 32.2 Å². The summed E-state index contributed by atoms with van der Waals surface area (Å²) in [6.07, 6.45) is 0.678. The fourth-order valence-electron chi connectivity index (χ4n) is 1.60. The molecule has 0 bridgehead atoms. The van der Waals surface area contributed by atoms with Gasteiger partial charge in [-0.25, -0.2) is 0 Å². The number of Topliss-reactive ketones (excluding diaryl/α,β-unsaturated/α-hetero) is 1. The molecule has 1 aromatic rings. The molecule has 0 saturated heterocycles. The van der Waals surface area contributed by atoms with E-state index in [1.807, 2.05) is 19.1 Å². The predicted molar refractivity (Wildman–Crippen MR) is 63.1 cm³/mol. The maximum absolute atomic E-state index is 11.5. The Morgan fingerprint density at radius 1 is 1.40 bits per heavy atom. The van der Waals surface area contributed by atoms with Gasteiger partial charge in [0, 0.05) is 17.0 Å². The Balaban J connectivity index is 2.89. The molecule has 82 valence electrons. The van der Waals surface area contributed by atoms with Crippen LogP contribution in [0.3, 0.4) is 0 Å². The molecule has 2 N–H and O–H groups in total. The third-order valence-corrected chi connectivity index (χ3v) is 2.62. The van der Waals surface area contributed by atoms with E-state index >= 15 is 0 Å². The van der Waals surface area contributed by atoms with Crippen molar-refractivity contribution in [3.8, 4) is 0 Å². The van der Waals surface area contributed by atoms with Crippen molar-refractivity contribution < 1.29 is 4.79 Å². The number of benzene rings is 1. The molecule has 0 spiro atoms. The summed E-state index contributed by atoms with van der Waals surface area (Å²) in [6, 6.07) is 7.39. The third kappa shape index (κ3) is 3.65. The lowest BCUT2D eigenvalue weighted by Crippen LogP contribution is -2.22. The Morgan fingerprint density at radius 2 is 1.93 bits per heavy atom. The van der Waals surface area contributed by atoms with E-state index in [1.54, 1.807) is 19.1 Å². The Bertz CT molecular complexity index is 332. The summed E-state index contributed by atoms with van der Waals surface area (Å²) in [5, 5.41) is 0.682. The maximum atomic E-state index is 11.5. The molecule has 3 heteroatoms. The molecule has 2 atom stereocenters. The molecule has 0 aliphatic rings. The highest BCUT2D eigenvalue weighted by Crippen LogP contribution is 2.23. The highest BCUT2D eigenvalue weighted by molar-refractivity contribution is 6.30. The zero-order valence-corrected chi connectivity index (χ0v) is 9.79. The van der Waals surface area contributed by atoms with Gasteiger partial charge in [0.15, 0.2) is 0 Å². The molecule has 0 heterocycles. The second kappa shape index (κ2) is 5.29. The topological polar surface area (TPSA) is 43.1 Å². The number of halogens is 1. The van der Waals surface area contributed by atoms with Crippen molar-refractivity contribution in [1.82, 2.24) is 0 Å². The van der Waals surface area contributed by atoms with Crippen LogP contribution in [-0.4, -0.2) is 11.8 Å². The van der Waals surface area contributed by atoms with Crippen molar-refractivity contribution in [1.29, 1.82) is 0 Å². The van der Waals surface area contributed by atoms with E-state index in [1.165, 1.54) is 0 Å². The summed E-state index contributed by atoms with van der Waals surface area (Å²) < 4.78 is 0. The van der Waals surface area contributed by atoms with Crippen LogP contribution in [0.25, 0.3) is 0 Å². The highest BCUT2D eigenvalue weighted by Gasteiger charge is 2.17. The standard InChI is InChI=1S/C12H16ClNO/c1-8(14)7-12(9(2)15)10-3-5-11(13)6-4-10/h3-6,8,12H,7,14H2,1-2H3. The van der Waals surface area contributed by atoms with Crippen LogP contribution < -0.4 is 5.73 Å². The molecule has 0 aromatic heterocycles. The third-order valence-electron chi connectivity index (χ3n) is 2.37. The first kappa shape index (κ1) is 12.2. The SMILES string of the molecule is CC(=O)C(CC(C)N)c1ccc(Cl)cc1. The molecule has 15 heavy (non-hydrogen) atoms. The number of hydrogen-bond donors (Lipinski definition) is 1. The smallest absolute Gasteiger partial charge is 0.137 e. The summed E-state index contributed by atoms with van der Waals surface area (Å²) in [5.41, 5.74) is 6.71. The first-order valence-corrected chi connectivity index (χ1v) is 5.40. The van der Waals surface area contributed by atoms with Crippen LogP contribution >= 0.6 is 11.6 Å². The first-order valence-electron chi connectivity index (χ1n) is 5.02. The van der Waals surface area contributed by atoms with Crippen LogP contribution in [-0.2, 0) is 4.79 Å². The van der Waals surface area contributed by atoms with Crippen molar-refractivity contribution in [3.05, 3.63) is 34.9 Å². The Morgan fingerprint density at radius 3 is 2.33 bits per heavy atom. The fourth-order valence-corrected chi connectivity index (χ4v) is 1.73. The number of nitrogens with two attached hydrogens (primary N) is 1. The van der Waals surface area contributed by atoms with E-state index in [0.717, 1.165) is 5.56 Å². The second-order valence-electron chi connectivity index (χ2n) is 3.93. The van der Waals surface area contributed by atoms with E-state index in [-0.39, 0.29) is 17.7 Å². The lowest BCUT2D eigenvalue weighted by Gasteiger charge is -2.16. The minimum Gasteiger partial charge on any atom is -0.328 e. The van der Waals surface area contributed by atoms with Gasteiger partial charge in [0.25, 0.3) is 0 Å². The van der Waals surface area contributed by atoms with Gasteiger partial charge in [-0.1, -0.05) is 23.7 Å². The zero-order valence-electron chi connectivity index (χ0n) is 9.03. The summed E-state index contributed by atoms with van der Waals surface area (Å²) in [5.74, 6) is 0.0388. The van der Waals surface area contributed by atoms with Gasteiger partial charge in [0.1, 0.15) is 5.78 Å². The normalized spacial score (nSPS) is 14.7. The van der Waals surface area contributed by atoms with Gasteiger partial charge in [-0.05, 0) is 38.0 Å². The molecule has 0 aliphatic heterocycles. The van der Waals surface area contributed by atoms with Gasteiger partial charge in [-0.3, -0.25) is 4.79 Å². The van der Waals surface area contributed by atoms with Gasteiger partial charge in [0.05, 0.1) is 0 Å². The van der Waals surface area contributed by atoms with Gasteiger partial charge in [-0.15, -0.1) is 0 Å². The minimum atomic E-state index is -0.109. The molecule has 2 unspecified atom stereocenters. The fraction of sp³-hybridized carbons (Fsp3) is 0.417. The maximum Gasteiger partial charge on any atom is 0.137 e. The summed E-state index contributed by atoms with van der Waals surface area (Å²) in [6.45, 7) is 3.51. The van der Waals surface area contributed by atoms with Crippen LogP contribution in [0.4, 0.5) is 0 Å². The van der Waals surface area contributed by atoms with Gasteiger partial charge >= 0.3 is 0 Å². The zero-order chi connectivity index (χ0) is 11.4. The summed E-state index contributed by atoms with van der Waals surface area (Å²) >= 11 is 5.79. The highest BCUT2D eigenvalue weighted by atomic mass is 35.5. The van der Waals surface area contributed by atoms with Crippen molar-refractivity contribution in [2.24, 2.45) is 5.73 Å². The number of rotatable bonds is 4. The Labute approximate surface area is 95.4 Å². The summed E-state index contributed by atoms with van der Waals surface area (Å²) in [4.78, 5) is 11.5. The van der Waals surface area contributed by atoms with E-state index in [2.05, 4.69) is 0 Å². The molecule has 0 amide bonds. The monoisotopic (exact) mass is 225 g/mol. The molecule has 0 radical (unpaired) electrons. The summed E-state index contributed by atoms with van der Waals surface area (Å²) in [7, 11) is 0. The van der Waals surface area contributed by atoms with Crippen molar-refractivity contribution in [3.63, 3.8) is 0 Å². The molecule has 2 nitrogen and oxygen atoms in total. The van der Waals surface area contributed by atoms with Gasteiger partial charge < -0.3 is 5.73 Å². The van der Waals surface area contributed by atoms with E-state index in [9.17, 15) is 4.79 Å². The average molecular weight is 226 g/mol. The molecule has 0 saturated carbocycles. The Hall–Kier alpha value is -0.860. The Kier molecular flexibility index (Phi) is 4.30. The first-order chi connectivity index (χ1) is 7.00. The van der Waals surface area contributed by atoms with E-state index < -0.39 is 0 Å². The van der Waals surface area contributed by atoms with E-state index in [0.29, 0.717) is 11.4 Å². The van der Waals surface area contributed by atoms with Crippen LogP contribution in [0.15, 0.2) is 24.3 Å². The molecular weight excluding hydrogens is 210 g/mol. The lowest BCUT2D eigenvalue weighted by molar-refractivity contribution is -0.118. The van der Waals surface area contributed by atoms with Crippen LogP contribution in [0.1, 0.15) is 31.7 Å². The number of carbonyl (C=O) groups is 1. The second-order valence-corrected chi connectivity index (χ2v) is 4.36. The van der Waals surface area contributed by atoms with Gasteiger partial charge in [0.2, 0.25) is 0 Å². The molecule has 0 fully saturated rings. The molecule has 1 rings (SSSR count). The number of carbonyl (C=O) groups excluding carboxylic acids is 1. The van der Waals surface area contributed by atoms with Crippen LogP contribution in [0.2, 0.25) is 5.02 Å². The largest absolute Gasteiger partial charge is 0.328 e. The van der Waals surface area contributed by atoms with E-state index in [4.69, 9.17) is 17.3 Å². The van der Waals surface area contributed by atoms with Crippen molar-refractivity contribution >= 4 is 17.4 Å². The predicted octanol–water partition coefficient (Wildman–Crippen LogP) is 2.75. The van der Waals surface area contributed by atoms with Gasteiger partial charge in [-0.2, -0.15) is 0 Å². The minimum absolute atomic E-state index is 0.0228. The quantitative estimate of drug-likeness (QED) is 0.856. The molecule has 1 aromatic carbocycles. The average Bonchev–Trinajstić information content (AvgIpc) is 2.15. The van der Waals surface area contributed by atoms with Crippen LogP contribution in [0, 0.1) is 0 Å². The lowest BCUT2D eigenvalue weighted by atomic mass is 9.90. The molecule has 0 aliphatic carbocycles.